The first-order chi connectivity index (χ1) is 42.7. The summed E-state index contributed by atoms with van der Waals surface area (Å²) in [5.41, 5.74) is 28.5. The molecule has 400 valence electrons. The monoisotopic (exact) mass is 1090 g/mol. The van der Waals surface area contributed by atoms with E-state index in [0.29, 0.717) is 0 Å². The molecule has 86 heavy (non-hydrogen) atoms. The smallest absolute Gasteiger partial charge is 0.252 e. The summed E-state index contributed by atoms with van der Waals surface area (Å²) in [7, 11) is 0. The Balaban J connectivity index is 0.995. The quantitative estimate of drug-likeness (QED) is 0.127. The van der Waals surface area contributed by atoms with Gasteiger partial charge in [0.25, 0.3) is 6.71 Å². The molecule has 5 nitrogen and oxygen atoms in total. The third kappa shape index (κ3) is 7.90. The van der Waals surface area contributed by atoms with E-state index >= 15 is 0 Å². The van der Waals surface area contributed by atoms with Crippen LogP contribution in [0.15, 0.2) is 328 Å². The first-order valence-corrected chi connectivity index (χ1v) is 29.9. The predicted molar refractivity (Wildman–Crippen MR) is 367 cm³/mol. The van der Waals surface area contributed by atoms with Gasteiger partial charge in [0.05, 0.1) is 5.69 Å². The molecule has 0 saturated carbocycles. The van der Waals surface area contributed by atoms with Crippen molar-refractivity contribution in [2.75, 3.05) is 24.5 Å². The minimum atomic E-state index is -0.155. The van der Waals surface area contributed by atoms with E-state index in [1.165, 1.54) is 71.9 Å². The summed E-state index contributed by atoms with van der Waals surface area (Å²) in [5.74, 6) is 0. The summed E-state index contributed by atoms with van der Waals surface area (Å²) in [6.45, 7) is -0.390. The molecule has 17 rings (SSSR count). The second-order valence-electron chi connectivity index (χ2n) is 22.8. The lowest BCUT2D eigenvalue weighted by atomic mass is 9.19. The van der Waals surface area contributed by atoms with Crippen molar-refractivity contribution in [2.45, 2.75) is 0 Å². The number of hydrogen-bond acceptors (Lipinski definition) is 5. The molecule has 0 amide bonds. The van der Waals surface area contributed by atoms with E-state index in [2.05, 4.69) is 352 Å². The minimum Gasteiger partial charge on any atom is -0.311 e. The Bertz CT molecular complexity index is 4300. The van der Waals surface area contributed by atoms with Crippen LogP contribution in [0.1, 0.15) is 0 Å². The first kappa shape index (κ1) is 49.6. The second-order valence-corrected chi connectivity index (χ2v) is 22.8. The van der Waals surface area contributed by atoms with Crippen LogP contribution < -0.4 is 73.7 Å². The summed E-state index contributed by atoms with van der Waals surface area (Å²) in [6, 6.07) is 121. The topological polar surface area (TPSA) is 16.2 Å². The molecule has 0 atom stereocenters. The molecular weight excluding hydrogens is 1040 g/mol. The Morgan fingerprint density at radius 1 is 0.198 bits per heavy atom. The Morgan fingerprint density at radius 3 is 0.953 bits per heavy atom. The SMILES string of the molecule is c1ccc(B2c3cc4c(cc3B3c5ccccc5N(c5ccccc5)c5cc(N(c6ccccc6)c6ccccc6)cc2c53)B2c3ccccc3N(c3ccccc3)c3cc(N(c5ccccc5)c5ccccc5)cc(c32)N4c2ccccc2)cc1. The van der Waals surface area contributed by atoms with Crippen LogP contribution >= 0.6 is 0 Å². The van der Waals surface area contributed by atoms with Crippen LogP contribution in [-0.4, -0.2) is 20.1 Å². The molecule has 4 aliphatic rings. The molecule has 0 radical (unpaired) electrons. The van der Waals surface area contributed by atoms with Gasteiger partial charge in [0.2, 0.25) is 13.4 Å². The zero-order chi connectivity index (χ0) is 56.7. The molecule has 0 bridgehead atoms. The fourth-order valence-electron chi connectivity index (χ4n) is 14.6. The fourth-order valence-corrected chi connectivity index (χ4v) is 14.6. The molecule has 0 fully saturated rings. The van der Waals surface area contributed by atoms with E-state index in [4.69, 9.17) is 0 Å². The molecule has 0 saturated heterocycles. The van der Waals surface area contributed by atoms with Gasteiger partial charge in [-0.15, -0.1) is 0 Å². The third-order valence-electron chi connectivity index (χ3n) is 18.0. The van der Waals surface area contributed by atoms with Crippen LogP contribution in [0.5, 0.6) is 0 Å². The van der Waals surface area contributed by atoms with Gasteiger partial charge in [-0.1, -0.05) is 222 Å². The highest BCUT2D eigenvalue weighted by Crippen LogP contribution is 2.49. The van der Waals surface area contributed by atoms with Crippen LogP contribution in [0.4, 0.5) is 85.3 Å². The number of rotatable bonds is 10. The number of nitrogens with zero attached hydrogens (tertiary/aromatic N) is 5. The normalized spacial score (nSPS) is 13.0. The summed E-state index contributed by atoms with van der Waals surface area (Å²) < 4.78 is 0. The molecule has 0 N–H and O–H groups in total. The number of hydrogen-bond donors (Lipinski definition) is 0. The maximum Gasteiger partial charge on any atom is 0.252 e. The second kappa shape index (κ2) is 20.4. The lowest BCUT2D eigenvalue weighted by Crippen LogP contribution is -2.77. The highest BCUT2D eigenvalue weighted by Gasteiger charge is 2.49. The van der Waals surface area contributed by atoms with Crippen LogP contribution in [0.2, 0.25) is 0 Å². The van der Waals surface area contributed by atoms with Crippen molar-refractivity contribution in [3.8, 4) is 0 Å². The first-order valence-electron chi connectivity index (χ1n) is 29.9. The Kier molecular flexibility index (Phi) is 11.8. The van der Waals surface area contributed by atoms with Gasteiger partial charge in [-0.3, -0.25) is 0 Å². The molecule has 13 aromatic carbocycles. The van der Waals surface area contributed by atoms with Gasteiger partial charge in [0, 0.05) is 79.6 Å². The van der Waals surface area contributed by atoms with Gasteiger partial charge in [-0.2, -0.15) is 0 Å². The van der Waals surface area contributed by atoms with Gasteiger partial charge in [0.1, 0.15) is 0 Å². The van der Waals surface area contributed by atoms with E-state index in [1.807, 2.05) is 0 Å². The Labute approximate surface area is 503 Å². The van der Waals surface area contributed by atoms with Crippen molar-refractivity contribution >= 4 is 155 Å². The number of fused-ring (bicyclic) bond motifs is 8. The fraction of sp³-hybridized carbons (Fsp3) is 0. The van der Waals surface area contributed by atoms with Crippen molar-refractivity contribution in [1.29, 1.82) is 0 Å². The van der Waals surface area contributed by atoms with Gasteiger partial charge >= 0.3 is 0 Å². The van der Waals surface area contributed by atoms with Crippen LogP contribution in [0, 0.1) is 0 Å². The standard InChI is InChI=1S/C78H54B3N5/c1-9-29-55(30-10-1)79-68-54-73-69(53-67(68)80-65-45-25-27-47-71(65)84(60-39-19-6-20-40-60)74-50-63(49-70(79)77(74)80)82(56-31-11-2-12-32-56)57-33-13-3-14-34-57)81-66-46-26-28-48-72(66)85(61-41-21-7-22-42-61)75-51-64(52-76(78(75)81)86(73)62-43-23-8-24-44-62)83(58-35-15-4-16-36-58)59-37-17-5-18-38-59/h1-54H. The molecule has 4 heterocycles. The highest BCUT2D eigenvalue weighted by molar-refractivity contribution is 7.13. The van der Waals surface area contributed by atoms with Gasteiger partial charge in [-0.25, -0.2) is 0 Å². The maximum absolute atomic E-state index is 2.66. The Morgan fingerprint density at radius 2 is 0.523 bits per heavy atom. The lowest BCUT2D eigenvalue weighted by molar-refractivity contribution is 1.23. The summed E-state index contributed by atoms with van der Waals surface area (Å²) in [4.78, 5) is 12.5. The molecule has 0 spiro atoms. The Hall–Kier alpha value is -10.9. The number of benzene rings is 13. The molecular formula is C78H54B3N5. The molecule has 13 aromatic rings. The average Bonchev–Trinajstić information content (AvgIpc) is 0.705. The van der Waals surface area contributed by atoms with E-state index in [9.17, 15) is 0 Å². The van der Waals surface area contributed by atoms with Crippen molar-refractivity contribution < 1.29 is 0 Å². The van der Waals surface area contributed by atoms with Crippen molar-refractivity contribution in [1.82, 2.24) is 0 Å². The average molecular weight is 1090 g/mol. The van der Waals surface area contributed by atoms with Crippen molar-refractivity contribution in [3.63, 3.8) is 0 Å². The number of anilines is 15. The highest BCUT2D eigenvalue weighted by atomic mass is 15.2. The van der Waals surface area contributed by atoms with Crippen LogP contribution in [0.25, 0.3) is 0 Å². The number of para-hydroxylation sites is 9. The van der Waals surface area contributed by atoms with Crippen molar-refractivity contribution in [2.24, 2.45) is 0 Å². The molecule has 4 aliphatic heterocycles. The van der Waals surface area contributed by atoms with E-state index < -0.39 is 0 Å². The van der Waals surface area contributed by atoms with E-state index in [0.717, 1.165) is 62.6 Å². The molecule has 0 unspecified atom stereocenters. The zero-order valence-corrected chi connectivity index (χ0v) is 47.1. The van der Waals surface area contributed by atoms with Gasteiger partial charge < -0.3 is 24.5 Å². The summed E-state index contributed by atoms with van der Waals surface area (Å²) in [6.07, 6.45) is 0. The third-order valence-corrected chi connectivity index (χ3v) is 18.0. The molecule has 0 aromatic heterocycles. The van der Waals surface area contributed by atoms with E-state index in [1.54, 1.807) is 0 Å². The largest absolute Gasteiger partial charge is 0.311 e. The maximum atomic E-state index is 2.66. The predicted octanol–water partition coefficient (Wildman–Crippen LogP) is 13.8. The summed E-state index contributed by atoms with van der Waals surface area (Å²) >= 11 is 0. The van der Waals surface area contributed by atoms with Gasteiger partial charge in [-0.05, 0) is 155 Å². The lowest BCUT2D eigenvalue weighted by Gasteiger charge is -2.47. The molecule has 8 heteroatoms. The van der Waals surface area contributed by atoms with Crippen LogP contribution in [0.3, 0.4) is 0 Å². The summed E-state index contributed by atoms with van der Waals surface area (Å²) in [5, 5.41) is 0. The minimum absolute atomic E-state index is 0.106. The van der Waals surface area contributed by atoms with Crippen molar-refractivity contribution in [3.05, 3.63) is 328 Å². The van der Waals surface area contributed by atoms with E-state index in [-0.39, 0.29) is 20.1 Å². The zero-order valence-electron chi connectivity index (χ0n) is 47.1. The van der Waals surface area contributed by atoms with Crippen LogP contribution in [-0.2, 0) is 0 Å². The molecule has 0 aliphatic carbocycles. The van der Waals surface area contributed by atoms with Gasteiger partial charge in [0.15, 0.2) is 0 Å².